The third kappa shape index (κ3) is 4.89. The van der Waals surface area contributed by atoms with Crippen molar-refractivity contribution in [3.05, 3.63) is 0 Å². The molecule has 0 saturated carbocycles. The van der Waals surface area contributed by atoms with Crippen molar-refractivity contribution in [3.8, 4) is 0 Å². The summed E-state index contributed by atoms with van der Waals surface area (Å²) in [7, 11) is 0. The molecule has 0 bridgehead atoms. The second-order valence-corrected chi connectivity index (χ2v) is 10.8. The Bertz CT molecular complexity index is 269. The van der Waals surface area contributed by atoms with Gasteiger partial charge in [0, 0.05) is 0 Å². The van der Waals surface area contributed by atoms with Gasteiger partial charge in [0.25, 0.3) is 0 Å². The average Bonchev–Trinajstić information content (AvgIpc) is 2.16. The Hall–Kier alpha value is 1.31. The van der Waals surface area contributed by atoms with Gasteiger partial charge in [-0.05, 0) is 6.42 Å². The van der Waals surface area contributed by atoms with Crippen LogP contribution in [0.5, 0.6) is 0 Å². The summed E-state index contributed by atoms with van der Waals surface area (Å²) >= 11 is 11.3. The van der Waals surface area contributed by atoms with Crippen LogP contribution >= 0.6 is 70.4 Å². The minimum absolute atomic E-state index is 0.225. The van der Waals surface area contributed by atoms with Crippen molar-refractivity contribution in [3.63, 3.8) is 0 Å². The zero-order valence-corrected chi connectivity index (χ0v) is 15.5. The highest BCUT2D eigenvalue weighted by molar-refractivity contribution is 14.1. The Morgan fingerprint density at radius 1 is 1.44 bits per heavy atom. The number of alkyl halides is 4. The third-order valence-corrected chi connectivity index (χ3v) is 5.17. The Labute approximate surface area is 134 Å². The molecule has 0 aromatic heterocycles. The Balaban J connectivity index is 4.88. The molecule has 2 unspecified atom stereocenters. The molecule has 0 amide bonds. The number of hydrogen-bond donors (Lipinski definition) is 1. The zero-order valence-electron chi connectivity index (χ0n) is 8.55. The van der Waals surface area contributed by atoms with E-state index in [4.69, 9.17) is 5.11 Å². The van der Waals surface area contributed by atoms with Crippen LogP contribution in [-0.4, -0.2) is 22.9 Å². The molecular weight excluding hydrogens is 523 g/mol. The number of carbonyl (C=O) groups excluding carboxylic acids is 1. The molecule has 0 radical (unpaired) electrons. The fourth-order valence-electron chi connectivity index (χ4n) is 1.19. The second kappa shape index (κ2) is 7.68. The minimum atomic E-state index is -1.08. The topological polar surface area (TPSA) is 54.4 Å². The number of carboxylic acids is 1. The molecule has 0 aliphatic heterocycles. The van der Waals surface area contributed by atoms with Crippen molar-refractivity contribution < 1.29 is 14.7 Å². The molecule has 0 aliphatic rings. The highest BCUT2D eigenvalue weighted by Crippen LogP contribution is 2.42. The van der Waals surface area contributed by atoms with Crippen LogP contribution in [0.2, 0.25) is 0 Å². The molecule has 1 N–H and O–H groups in total. The van der Waals surface area contributed by atoms with Crippen LogP contribution in [0.4, 0.5) is 0 Å². The number of hydrogen-bond acceptors (Lipinski definition) is 2. The molecule has 7 heteroatoms. The van der Waals surface area contributed by atoms with E-state index in [9.17, 15) is 9.59 Å². The van der Waals surface area contributed by atoms with E-state index in [0.717, 1.165) is 12.8 Å². The fourth-order valence-corrected chi connectivity index (χ4v) is 4.92. The SMILES string of the molecule is CCCCC(C(=O)O)C(Br)(I)C(=O)C(Br)Br. The Kier molecular flexibility index (Phi) is 8.31. The first kappa shape index (κ1) is 17.3. The van der Waals surface area contributed by atoms with Crippen LogP contribution in [-0.2, 0) is 9.59 Å². The van der Waals surface area contributed by atoms with Crippen molar-refractivity contribution in [2.75, 3.05) is 0 Å². The minimum Gasteiger partial charge on any atom is -0.481 e. The van der Waals surface area contributed by atoms with Gasteiger partial charge in [-0.1, -0.05) is 90.1 Å². The quantitative estimate of drug-likeness (QED) is 0.396. The lowest BCUT2D eigenvalue weighted by molar-refractivity contribution is -0.143. The molecule has 0 saturated heterocycles. The lowest BCUT2D eigenvalue weighted by atomic mass is 9.96. The van der Waals surface area contributed by atoms with Crippen LogP contribution < -0.4 is 0 Å². The summed E-state index contributed by atoms with van der Waals surface area (Å²) in [6, 6.07) is 0. The summed E-state index contributed by atoms with van der Waals surface area (Å²) in [5.41, 5.74) is 0. The highest BCUT2D eigenvalue weighted by atomic mass is 127. The van der Waals surface area contributed by atoms with Crippen LogP contribution in [0.3, 0.4) is 0 Å². The maximum atomic E-state index is 11.9. The van der Waals surface area contributed by atoms with Crippen LogP contribution in [0.15, 0.2) is 0 Å². The lowest BCUT2D eigenvalue weighted by Crippen LogP contribution is -2.41. The van der Waals surface area contributed by atoms with E-state index in [1.54, 1.807) is 0 Å². The van der Waals surface area contributed by atoms with E-state index in [2.05, 4.69) is 47.8 Å². The standard InChI is InChI=1S/C9H12Br3IO3/c1-2-3-4-5(8(15)16)9(12,13)6(14)7(10)11/h5,7H,2-4H2,1H3,(H,15,16). The van der Waals surface area contributed by atoms with Gasteiger partial charge >= 0.3 is 5.97 Å². The van der Waals surface area contributed by atoms with Crippen LogP contribution in [0, 0.1) is 5.92 Å². The molecule has 0 aromatic rings. The number of Topliss-reactive ketones (excluding diaryl/α,β-unsaturated/α-hetero) is 1. The molecule has 94 valence electrons. The molecule has 2 atom stereocenters. The third-order valence-electron chi connectivity index (χ3n) is 2.11. The molecule has 0 aliphatic carbocycles. The van der Waals surface area contributed by atoms with Gasteiger partial charge in [0.2, 0.25) is 0 Å². The molecule has 16 heavy (non-hydrogen) atoms. The highest BCUT2D eigenvalue weighted by Gasteiger charge is 2.46. The summed E-state index contributed by atoms with van der Waals surface area (Å²) in [6.07, 6.45) is 2.18. The molecular formula is C9H12Br3IO3. The predicted molar refractivity (Wildman–Crippen MR) is 83.0 cm³/mol. The van der Waals surface area contributed by atoms with E-state index in [1.165, 1.54) is 0 Å². The number of carbonyl (C=O) groups is 2. The van der Waals surface area contributed by atoms with Crippen molar-refractivity contribution in [1.82, 2.24) is 0 Å². The number of ketones is 1. The van der Waals surface area contributed by atoms with Crippen molar-refractivity contribution >= 4 is 82.1 Å². The van der Waals surface area contributed by atoms with Gasteiger partial charge in [0.15, 0.2) is 8.11 Å². The monoisotopic (exact) mass is 532 g/mol. The van der Waals surface area contributed by atoms with E-state index >= 15 is 0 Å². The van der Waals surface area contributed by atoms with E-state index < -0.39 is 18.0 Å². The van der Waals surface area contributed by atoms with Gasteiger partial charge in [-0.25, -0.2) is 0 Å². The summed E-state index contributed by atoms with van der Waals surface area (Å²) in [5, 5.41) is 9.15. The maximum Gasteiger partial charge on any atom is 0.309 e. The van der Waals surface area contributed by atoms with Gasteiger partial charge in [-0.2, -0.15) is 0 Å². The summed E-state index contributed by atoms with van der Waals surface area (Å²) < 4.78 is -1.62. The number of carboxylic acid groups (broad SMARTS) is 1. The molecule has 0 heterocycles. The van der Waals surface area contributed by atoms with Crippen molar-refractivity contribution in [2.24, 2.45) is 5.92 Å². The fraction of sp³-hybridized carbons (Fsp3) is 0.778. The second-order valence-electron chi connectivity index (χ2n) is 3.32. The smallest absolute Gasteiger partial charge is 0.309 e. The predicted octanol–water partition coefficient (Wildman–Crippen LogP) is 4.09. The normalized spacial score (nSPS) is 16.9. The van der Waals surface area contributed by atoms with Crippen molar-refractivity contribution in [1.29, 1.82) is 0 Å². The largest absolute Gasteiger partial charge is 0.481 e. The molecule has 3 nitrogen and oxygen atoms in total. The summed E-state index contributed by atoms with van der Waals surface area (Å²) in [6.45, 7) is 1.99. The van der Waals surface area contributed by atoms with Gasteiger partial charge < -0.3 is 5.11 Å². The molecule has 0 aromatic carbocycles. The number of aliphatic carboxylic acids is 1. The number of halogens is 4. The summed E-state index contributed by atoms with van der Waals surface area (Å²) in [4.78, 5) is 23.0. The Morgan fingerprint density at radius 2 is 1.94 bits per heavy atom. The van der Waals surface area contributed by atoms with E-state index in [-0.39, 0.29) is 5.78 Å². The van der Waals surface area contributed by atoms with Crippen molar-refractivity contribution in [2.45, 2.75) is 32.3 Å². The number of unbranched alkanes of at least 4 members (excludes halogenated alkanes) is 1. The summed E-state index contributed by atoms with van der Waals surface area (Å²) in [5.74, 6) is -1.90. The molecule has 0 spiro atoms. The van der Waals surface area contributed by atoms with Crippen LogP contribution in [0.1, 0.15) is 26.2 Å². The van der Waals surface area contributed by atoms with Gasteiger partial charge in [-0.3, -0.25) is 9.59 Å². The Morgan fingerprint density at radius 3 is 2.25 bits per heavy atom. The first-order chi connectivity index (χ1) is 7.25. The number of rotatable bonds is 7. The molecule has 0 rings (SSSR count). The molecule has 0 fully saturated rings. The lowest BCUT2D eigenvalue weighted by Gasteiger charge is -2.26. The maximum absolute atomic E-state index is 11.9. The average molecular weight is 535 g/mol. The van der Waals surface area contributed by atoms with Crippen LogP contribution in [0.25, 0.3) is 0 Å². The first-order valence-electron chi connectivity index (χ1n) is 4.68. The van der Waals surface area contributed by atoms with Gasteiger partial charge in [0.05, 0.1) is 5.92 Å². The zero-order chi connectivity index (χ0) is 12.9. The van der Waals surface area contributed by atoms with E-state index in [1.807, 2.05) is 29.5 Å². The van der Waals surface area contributed by atoms with E-state index in [0.29, 0.717) is 6.42 Å². The van der Waals surface area contributed by atoms with Gasteiger partial charge in [-0.15, -0.1) is 0 Å². The first-order valence-corrected chi connectivity index (χ1v) is 8.38. The van der Waals surface area contributed by atoms with Gasteiger partial charge in [0.1, 0.15) is 3.74 Å².